The fraction of sp³-hybridized carbons (Fsp3) is 0.481. The van der Waals surface area contributed by atoms with Crippen LogP contribution in [0.1, 0.15) is 68.8 Å². The van der Waals surface area contributed by atoms with Gasteiger partial charge in [0.2, 0.25) is 10.0 Å². The molecule has 2 aliphatic heterocycles. The number of nitrogens with zero attached hydrogens (tertiary/aromatic N) is 5. The molecule has 2 fully saturated rings. The average molecular weight is 1190 g/mol. The summed E-state index contributed by atoms with van der Waals surface area (Å²) < 4.78 is 146. The van der Waals surface area contributed by atoms with E-state index in [-0.39, 0.29) is 55.1 Å². The Morgan fingerprint density at radius 1 is 0.857 bits per heavy atom. The zero-order valence-corrected chi connectivity index (χ0v) is 48.4. The number of alkyl halides is 3. The standard InChI is InChI=1S/C52H67ClF3N6O10PS4/c1-5-72-73(64,65)38-60-28-26-58(27-29-60)25-22-44(23-34-74-45-9-7-6-8-10-45)62(75(4,66)67)48-20-19-46(35-49(48)76(68,69)52(54,55)56)77(70,71)57-50(63)40-13-17-43(18-14-40)61-32-30-59(31-33-61)37-41-36-51(2,3)24-21-47(41)39-11-15-42(53)16-12-39/h6-20,35,44H,5,21-34,36-38H2,1-4H3,(H,57,63)(H,64,65)/t44-/m1/s1. The number of carbonyl (C=O) groups excluding carboxylic acids is 1. The van der Waals surface area contributed by atoms with Gasteiger partial charge in [-0.15, -0.1) is 11.8 Å². The number of hydrogen-bond acceptors (Lipinski definition) is 14. The van der Waals surface area contributed by atoms with E-state index in [9.17, 15) is 52.7 Å². The molecule has 0 aromatic heterocycles. The Kier molecular flexibility index (Phi) is 19.8. The molecule has 77 heavy (non-hydrogen) atoms. The molecule has 4 aromatic rings. The summed E-state index contributed by atoms with van der Waals surface area (Å²) in [4.78, 5) is 30.2. The zero-order chi connectivity index (χ0) is 56.0. The highest BCUT2D eigenvalue weighted by Gasteiger charge is 2.50. The SMILES string of the molecule is CCOP(=O)(O)CN1CCN(CC[C@H](CCSc2ccccc2)N(c2ccc(S(=O)(=O)NC(=O)c3ccc(N4CCN(CC5=C(c6ccc(Cl)cc6)CCC(C)(C)C5)CC4)cc3)cc2S(=O)(=O)C(F)(F)F)S(C)(=O)=O)CC1. The van der Waals surface area contributed by atoms with Crippen molar-refractivity contribution in [2.24, 2.45) is 5.41 Å². The molecule has 1 unspecified atom stereocenters. The second kappa shape index (κ2) is 25.2. The molecule has 2 N–H and O–H groups in total. The Morgan fingerprint density at radius 2 is 1.48 bits per heavy atom. The molecule has 0 spiro atoms. The molecule has 2 heterocycles. The number of sulfone groups is 1. The van der Waals surface area contributed by atoms with Gasteiger partial charge in [-0.2, -0.15) is 13.2 Å². The summed E-state index contributed by atoms with van der Waals surface area (Å²) in [6.07, 6.45) is 3.61. The quantitative estimate of drug-likeness (QED) is 0.0559. The molecule has 1 aliphatic carbocycles. The second-order valence-corrected chi connectivity index (χ2v) is 29.2. The van der Waals surface area contributed by atoms with Gasteiger partial charge >= 0.3 is 13.1 Å². The number of sulfonamides is 2. The first-order valence-electron chi connectivity index (χ1n) is 25.3. The highest BCUT2D eigenvalue weighted by molar-refractivity contribution is 7.99. The van der Waals surface area contributed by atoms with Crippen LogP contribution in [0.5, 0.6) is 0 Å². The summed E-state index contributed by atoms with van der Waals surface area (Å²) in [6, 6.07) is 23.8. The third-order valence-electron chi connectivity index (χ3n) is 14.0. The number of thioether (sulfide) groups is 1. The van der Waals surface area contributed by atoms with Crippen LogP contribution in [0, 0.1) is 5.41 Å². The summed E-state index contributed by atoms with van der Waals surface area (Å²) >= 11 is 7.55. The minimum absolute atomic E-state index is 0.000114. The number of benzene rings is 4. The third-order valence-corrected chi connectivity index (χ3v) is 20.8. The maximum Gasteiger partial charge on any atom is 0.501 e. The van der Waals surface area contributed by atoms with E-state index in [1.807, 2.05) is 40.0 Å². The fourth-order valence-corrected chi connectivity index (χ4v) is 15.8. The van der Waals surface area contributed by atoms with Gasteiger partial charge in [-0.25, -0.2) is 30.0 Å². The Bertz CT molecular complexity index is 3130. The van der Waals surface area contributed by atoms with Crippen molar-refractivity contribution in [1.29, 1.82) is 0 Å². The van der Waals surface area contributed by atoms with Crippen LogP contribution in [0.4, 0.5) is 24.5 Å². The minimum atomic E-state index is -6.45. The fourth-order valence-electron chi connectivity index (χ4n) is 10.1. The Morgan fingerprint density at radius 3 is 2.09 bits per heavy atom. The molecule has 16 nitrogen and oxygen atoms in total. The van der Waals surface area contributed by atoms with Crippen LogP contribution in [-0.4, -0.2) is 153 Å². The lowest BCUT2D eigenvalue weighted by Gasteiger charge is -2.39. The molecular formula is C52H67ClF3N6O10PS4. The smallest absolute Gasteiger partial charge is 0.369 e. The van der Waals surface area contributed by atoms with Crippen molar-refractivity contribution in [2.45, 2.75) is 79.1 Å². The molecule has 2 atom stereocenters. The van der Waals surface area contributed by atoms with Gasteiger partial charge in [0.15, 0.2) is 0 Å². The number of rotatable bonds is 22. The third kappa shape index (κ3) is 16.1. The number of allylic oxidation sites excluding steroid dienone is 1. The van der Waals surface area contributed by atoms with Gasteiger partial charge in [0, 0.05) is 92.7 Å². The number of amides is 1. The van der Waals surface area contributed by atoms with Gasteiger partial charge in [-0.3, -0.25) is 23.5 Å². The van der Waals surface area contributed by atoms with E-state index in [0.717, 1.165) is 61.8 Å². The highest BCUT2D eigenvalue weighted by atomic mass is 35.5. The molecule has 422 valence electrons. The largest absolute Gasteiger partial charge is 0.501 e. The normalized spacial score (nSPS) is 18.7. The first kappa shape index (κ1) is 60.6. The van der Waals surface area contributed by atoms with E-state index in [1.165, 1.54) is 40.6 Å². The van der Waals surface area contributed by atoms with Crippen molar-refractivity contribution in [1.82, 2.24) is 19.4 Å². The van der Waals surface area contributed by atoms with Crippen LogP contribution >= 0.6 is 31.0 Å². The molecule has 1 amide bonds. The summed E-state index contributed by atoms with van der Waals surface area (Å²) in [6.45, 7) is 11.7. The minimum Gasteiger partial charge on any atom is -0.369 e. The van der Waals surface area contributed by atoms with Gasteiger partial charge in [-0.05, 0) is 128 Å². The van der Waals surface area contributed by atoms with Gasteiger partial charge < -0.3 is 19.2 Å². The summed E-state index contributed by atoms with van der Waals surface area (Å²) in [5.41, 5.74) is -2.09. The maximum absolute atomic E-state index is 14.6. The predicted octanol–water partition coefficient (Wildman–Crippen LogP) is 9.04. The van der Waals surface area contributed by atoms with Crippen LogP contribution in [0.25, 0.3) is 5.57 Å². The lowest BCUT2D eigenvalue weighted by molar-refractivity contribution is -0.0436. The van der Waals surface area contributed by atoms with Crippen LogP contribution in [0.3, 0.4) is 0 Å². The lowest BCUT2D eigenvalue weighted by Crippen LogP contribution is -2.48. The molecule has 3 aliphatic rings. The molecule has 4 aromatic carbocycles. The monoisotopic (exact) mass is 1190 g/mol. The summed E-state index contributed by atoms with van der Waals surface area (Å²) in [5.74, 6) is -0.889. The summed E-state index contributed by atoms with van der Waals surface area (Å²) in [7, 11) is -20.0. The Hall–Kier alpha value is -4.00. The van der Waals surface area contributed by atoms with Gasteiger partial charge in [0.25, 0.3) is 25.8 Å². The first-order valence-corrected chi connectivity index (χ1v) is 33.2. The van der Waals surface area contributed by atoms with E-state index < -0.39 is 70.4 Å². The molecular weight excluding hydrogens is 1120 g/mol. The Labute approximate surface area is 460 Å². The molecule has 25 heteroatoms. The number of anilines is 2. The van der Waals surface area contributed by atoms with E-state index in [0.29, 0.717) is 54.7 Å². The van der Waals surface area contributed by atoms with E-state index >= 15 is 0 Å². The molecule has 7 rings (SSSR count). The van der Waals surface area contributed by atoms with Gasteiger partial charge in [0.1, 0.15) is 11.2 Å². The van der Waals surface area contributed by atoms with Crippen LogP contribution in [-0.2, 0) is 39.0 Å². The van der Waals surface area contributed by atoms with Crippen LogP contribution in [0.2, 0.25) is 5.02 Å². The van der Waals surface area contributed by atoms with Crippen molar-refractivity contribution in [2.75, 3.05) is 99.6 Å². The molecule has 2 saturated heterocycles. The van der Waals surface area contributed by atoms with Crippen molar-refractivity contribution in [3.05, 3.63) is 119 Å². The van der Waals surface area contributed by atoms with Crippen molar-refractivity contribution >= 4 is 83.7 Å². The van der Waals surface area contributed by atoms with Crippen molar-refractivity contribution in [3.63, 3.8) is 0 Å². The highest BCUT2D eigenvalue weighted by Crippen LogP contribution is 2.45. The second-order valence-electron chi connectivity index (χ2n) is 20.4. The van der Waals surface area contributed by atoms with Crippen LogP contribution in [0.15, 0.2) is 117 Å². The number of piperazine rings is 2. The van der Waals surface area contributed by atoms with E-state index in [4.69, 9.17) is 16.1 Å². The number of halogens is 4. The first-order chi connectivity index (χ1) is 36.1. The Balaban J connectivity index is 1.07. The van der Waals surface area contributed by atoms with Gasteiger partial charge in [-0.1, -0.05) is 61.4 Å². The number of carbonyl (C=O) groups is 1. The van der Waals surface area contributed by atoms with Crippen molar-refractivity contribution in [3.8, 4) is 0 Å². The zero-order valence-electron chi connectivity index (χ0n) is 43.5. The molecule has 0 saturated carbocycles. The predicted molar refractivity (Wildman–Crippen MR) is 297 cm³/mol. The van der Waals surface area contributed by atoms with E-state index in [1.54, 1.807) is 36.1 Å². The van der Waals surface area contributed by atoms with Crippen LogP contribution < -0.4 is 13.9 Å². The topological polar surface area (TPSA) is 194 Å². The average Bonchev–Trinajstić information content (AvgIpc) is 3.36. The van der Waals surface area contributed by atoms with E-state index in [2.05, 4.69) is 35.8 Å². The number of nitrogens with one attached hydrogen (secondary N) is 1. The molecule has 0 bridgehead atoms. The lowest BCUT2D eigenvalue weighted by atomic mass is 9.73. The van der Waals surface area contributed by atoms with Crippen molar-refractivity contribution < 1.29 is 57.2 Å². The van der Waals surface area contributed by atoms with Gasteiger partial charge in [0.05, 0.1) is 23.4 Å². The summed E-state index contributed by atoms with van der Waals surface area (Å²) in [5, 5.41) is 0.691. The number of hydrogen-bond donors (Lipinski definition) is 2. The maximum atomic E-state index is 14.6. The molecule has 0 radical (unpaired) electrons.